The van der Waals surface area contributed by atoms with Gasteiger partial charge in [0.25, 0.3) is 0 Å². The van der Waals surface area contributed by atoms with E-state index >= 15 is 0 Å². The first-order valence-corrected chi connectivity index (χ1v) is 2.75. The molecule has 1 aliphatic rings. The molecule has 0 aromatic rings. The minimum atomic E-state index is -0.227. The fraction of sp³-hybridized carbons (Fsp3) is 0.800. The van der Waals surface area contributed by atoms with Crippen molar-refractivity contribution in [1.29, 1.82) is 0 Å². The lowest BCUT2D eigenvalue weighted by atomic mass is 10.2. The molecule has 0 unspecified atom stereocenters. The Hall–Kier alpha value is -0.410. The summed E-state index contributed by atoms with van der Waals surface area (Å²) in [4.78, 5) is 10.0. The van der Waals surface area contributed by atoms with Crippen molar-refractivity contribution in [3.63, 3.8) is 0 Å². The summed E-state index contributed by atoms with van der Waals surface area (Å²) < 4.78 is 0. The molecular formula is C5H9NO2. The zero-order valence-electron chi connectivity index (χ0n) is 4.58. The zero-order valence-corrected chi connectivity index (χ0v) is 4.58. The van der Waals surface area contributed by atoms with E-state index in [1.54, 1.807) is 0 Å². The van der Waals surface area contributed by atoms with Crippen molar-refractivity contribution in [2.24, 2.45) is 0 Å². The number of hydroxylamine groups is 2. The van der Waals surface area contributed by atoms with E-state index in [-0.39, 0.29) is 6.04 Å². The lowest BCUT2D eigenvalue weighted by molar-refractivity contribution is -0.132. The van der Waals surface area contributed by atoms with Gasteiger partial charge in [-0.2, -0.15) is 5.06 Å². The average molecular weight is 115 g/mol. The quantitative estimate of drug-likeness (QED) is 0.490. The molecule has 1 aliphatic heterocycles. The van der Waals surface area contributed by atoms with Gasteiger partial charge in [0.2, 0.25) is 0 Å². The predicted octanol–water partition coefficient (Wildman–Crippen LogP) is 0.0389. The molecular weight excluding hydrogens is 106 g/mol. The Labute approximate surface area is 47.9 Å². The molecule has 3 nitrogen and oxygen atoms in total. The maximum atomic E-state index is 10.0. The van der Waals surface area contributed by atoms with Gasteiger partial charge in [-0.25, -0.2) is 0 Å². The SMILES string of the molecule is O=C[C@H]1CCCN1O. The lowest BCUT2D eigenvalue weighted by Crippen LogP contribution is -2.26. The molecule has 1 rings (SSSR count). The van der Waals surface area contributed by atoms with Gasteiger partial charge in [-0.1, -0.05) is 0 Å². The third-order valence-corrected chi connectivity index (χ3v) is 1.43. The van der Waals surface area contributed by atoms with E-state index in [1.807, 2.05) is 0 Å². The summed E-state index contributed by atoms with van der Waals surface area (Å²) in [6.07, 6.45) is 2.52. The normalized spacial score (nSPS) is 30.9. The number of nitrogens with zero attached hydrogens (tertiary/aromatic N) is 1. The van der Waals surface area contributed by atoms with E-state index in [0.717, 1.165) is 24.2 Å². The van der Waals surface area contributed by atoms with Crippen molar-refractivity contribution >= 4 is 6.29 Å². The van der Waals surface area contributed by atoms with Gasteiger partial charge in [0, 0.05) is 6.54 Å². The molecule has 1 atom stereocenters. The Morgan fingerprint density at radius 1 is 1.75 bits per heavy atom. The fourth-order valence-electron chi connectivity index (χ4n) is 0.916. The Morgan fingerprint density at radius 2 is 2.50 bits per heavy atom. The van der Waals surface area contributed by atoms with Crippen molar-refractivity contribution in [2.75, 3.05) is 6.54 Å². The maximum absolute atomic E-state index is 10.0. The number of aldehydes is 1. The molecule has 1 heterocycles. The Kier molecular flexibility index (Phi) is 1.60. The number of carbonyl (C=O) groups excluding carboxylic acids is 1. The molecule has 3 heteroatoms. The summed E-state index contributed by atoms with van der Waals surface area (Å²) in [5, 5.41) is 9.88. The van der Waals surface area contributed by atoms with Crippen LogP contribution in [0.25, 0.3) is 0 Å². The topological polar surface area (TPSA) is 40.5 Å². The van der Waals surface area contributed by atoms with Crippen LogP contribution in [0.3, 0.4) is 0 Å². The van der Waals surface area contributed by atoms with Gasteiger partial charge in [-0.3, -0.25) is 0 Å². The van der Waals surface area contributed by atoms with Crippen LogP contribution >= 0.6 is 0 Å². The van der Waals surface area contributed by atoms with Crippen LogP contribution in [0.15, 0.2) is 0 Å². The summed E-state index contributed by atoms with van der Waals surface area (Å²) in [7, 11) is 0. The fourth-order valence-corrected chi connectivity index (χ4v) is 0.916. The molecule has 0 bridgehead atoms. The van der Waals surface area contributed by atoms with Crippen LogP contribution in [0.1, 0.15) is 12.8 Å². The van der Waals surface area contributed by atoms with E-state index in [2.05, 4.69) is 0 Å². The summed E-state index contributed by atoms with van der Waals surface area (Å²) in [5.74, 6) is 0. The molecule has 1 N–H and O–H groups in total. The first-order valence-electron chi connectivity index (χ1n) is 2.75. The molecule has 46 valence electrons. The minimum Gasteiger partial charge on any atom is -0.313 e. The van der Waals surface area contributed by atoms with Gasteiger partial charge >= 0.3 is 0 Å². The summed E-state index contributed by atoms with van der Waals surface area (Å²) in [6, 6.07) is -0.227. The second-order valence-corrected chi connectivity index (χ2v) is 2.01. The monoisotopic (exact) mass is 115 g/mol. The van der Waals surface area contributed by atoms with Crippen LogP contribution in [0.5, 0.6) is 0 Å². The smallest absolute Gasteiger partial charge is 0.139 e. The molecule has 1 saturated heterocycles. The first kappa shape index (κ1) is 5.72. The van der Waals surface area contributed by atoms with Crippen LogP contribution in [-0.2, 0) is 4.79 Å². The van der Waals surface area contributed by atoms with E-state index in [1.165, 1.54) is 0 Å². The van der Waals surface area contributed by atoms with Crippen LogP contribution in [0.2, 0.25) is 0 Å². The standard InChI is InChI=1S/C5H9NO2/c7-4-5-2-1-3-6(5)8/h4-5,8H,1-3H2/t5-/m1/s1. The van der Waals surface area contributed by atoms with Gasteiger partial charge in [0.1, 0.15) is 6.29 Å². The molecule has 0 amide bonds. The first-order chi connectivity index (χ1) is 3.84. The molecule has 0 aromatic heterocycles. The van der Waals surface area contributed by atoms with Crippen molar-refractivity contribution in [3.8, 4) is 0 Å². The number of rotatable bonds is 1. The van der Waals surface area contributed by atoms with E-state index in [9.17, 15) is 4.79 Å². The van der Waals surface area contributed by atoms with Gasteiger partial charge in [-0.15, -0.1) is 0 Å². The second-order valence-electron chi connectivity index (χ2n) is 2.01. The molecule has 0 aliphatic carbocycles. The molecule has 1 fully saturated rings. The van der Waals surface area contributed by atoms with Gasteiger partial charge in [0.05, 0.1) is 6.04 Å². The average Bonchev–Trinajstić information content (AvgIpc) is 2.14. The van der Waals surface area contributed by atoms with E-state index < -0.39 is 0 Å². The van der Waals surface area contributed by atoms with Gasteiger partial charge in [0.15, 0.2) is 0 Å². The predicted molar refractivity (Wildman–Crippen MR) is 27.6 cm³/mol. The van der Waals surface area contributed by atoms with Crippen molar-refractivity contribution < 1.29 is 10.0 Å². The summed E-state index contributed by atoms with van der Waals surface area (Å²) in [5.41, 5.74) is 0. The maximum Gasteiger partial charge on any atom is 0.139 e. The molecule has 0 aromatic carbocycles. The molecule has 8 heavy (non-hydrogen) atoms. The summed E-state index contributed by atoms with van der Waals surface area (Å²) >= 11 is 0. The third-order valence-electron chi connectivity index (χ3n) is 1.43. The Bertz CT molecular complexity index is 94.4. The number of hydrogen-bond acceptors (Lipinski definition) is 3. The highest BCUT2D eigenvalue weighted by atomic mass is 16.5. The highest BCUT2D eigenvalue weighted by molar-refractivity contribution is 5.57. The largest absolute Gasteiger partial charge is 0.313 e. The van der Waals surface area contributed by atoms with Gasteiger partial charge in [-0.05, 0) is 12.8 Å². The summed E-state index contributed by atoms with van der Waals surface area (Å²) in [6.45, 7) is 0.642. The van der Waals surface area contributed by atoms with Crippen LogP contribution in [0.4, 0.5) is 0 Å². The van der Waals surface area contributed by atoms with Crippen LogP contribution in [-0.4, -0.2) is 29.1 Å². The van der Waals surface area contributed by atoms with E-state index in [0.29, 0.717) is 6.54 Å². The highest BCUT2D eigenvalue weighted by Crippen LogP contribution is 2.11. The van der Waals surface area contributed by atoms with Crippen molar-refractivity contribution in [2.45, 2.75) is 18.9 Å². The molecule has 0 spiro atoms. The van der Waals surface area contributed by atoms with Crippen molar-refractivity contribution in [1.82, 2.24) is 5.06 Å². The Balaban J connectivity index is 2.41. The molecule has 0 radical (unpaired) electrons. The number of hydrogen-bond donors (Lipinski definition) is 1. The highest BCUT2D eigenvalue weighted by Gasteiger charge is 2.21. The minimum absolute atomic E-state index is 0.227. The van der Waals surface area contributed by atoms with Gasteiger partial charge < -0.3 is 10.0 Å². The van der Waals surface area contributed by atoms with E-state index in [4.69, 9.17) is 5.21 Å². The Morgan fingerprint density at radius 3 is 2.75 bits per heavy atom. The van der Waals surface area contributed by atoms with Crippen molar-refractivity contribution in [3.05, 3.63) is 0 Å². The zero-order chi connectivity index (χ0) is 5.98. The third kappa shape index (κ3) is 0.877. The van der Waals surface area contributed by atoms with Crippen LogP contribution < -0.4 is 0 Å². The van der Waals surface area contributed by atoms with Crippen LogP contribution in [0, 0.1) is 0 Å². The lowest BCUT2D eigenvalue weighted by Gasteiger charge is -2.08. The molecule has 0 saturated carbocycles. The number of carbonyl (C=O) groups is 1. The second kappa shape index (κ2) is 2.24.